The van der Waals surface area contributed by atoms with Gasteiger partial charge in [0.25, 0.3) is 5.91 Å². The summed E-state index contributed by atoms with van der Waals surface area (Å²) < 4.78 is 0. The van der Waals surface area contributed by atoms with Crippen LogP contribution in [0.1, 0.15) is 54.1 Å². The van der Waals surface area contributed by atoms with Gasteiger partial charge in [-0.25, -0.2) is 4.79 Å². The minimum absolute atomic E-state index is 0.146. The average molecular weight is 460 g/mol. The average Bonchev–Trinajstić information content (AvgIpc) is 3.24. The molecule has 0 bridgehead atoms. The second kappa shape index (κ2) is 8.73. The van der Waals surface area contributed by atoms with Gasteiger partial charge in [-0.05, 0) is 83.6 Å². The molecule has 0 saturated heterocycles. The Hall–Kier alpha value is -4.44. The molecule has 0 aliphatic heterocycles. The molecule has 0 atom stereocenters. The minimum atomic E-state index is -1.02. The third kappa shape index (κ3) is 3.83. The van der Waals surface area contributed by atoms with Gasteiger partial charge in [0.15, 0.2) is 0 Å². The van der Waals surface area contributed by atoms with E-state index in [0.717, 1.165) is 5.56 Å². The van der Waals surface area contributed by atoms with E-state index in [1.807, 2.05) is 12.1 Å². The van der Waals surface area contributed by atoms with Gasteiger partial charge >= 0.3 is 5.97 Å². The lowest BCUT2D eigenvalue weighted by Crippen LogP contribution is -2.27. The molecule has 2 N–H and O–H groups in total. The molecule has 4 aromatic rings. The molecule has 1 amide bonds. The van der Waals surface area contributed by atoms with E-state index in [9.17, 15) is 9.59 Å². The van der Waals surface area contributed by atoms with Crippen LogP contribution in [0, 0.1) is 13.8 Å². The maximum absolute atomic E-state index is 12.8. The van der Waals surface area contributed by atoms with Crippen molar-refractivity contribution in [3.05, 3.63) is 142 Å². The monoisotopic (exact) mass is 459 g/mol. The predicted molar refractivity (Wildman–Crippen MR) is 139 cm³/mol. The quantitative estimate of drug-likeness (QED) is 0.353. The number of amides is 1. The highest BCUT2D eigenvalue weighted by Crippen LogP contribution is 2.49. The van der Waals surface area contributed by atoms with Gasteiger partial charge in [0.1, 0.15) is 0 Å². The van der Waals surface area contributed by atoms with Crippen molar-refractivity contribution in [1.82, 2.24) is 0 Å². The van der Waals surface area contributed by atoms with Crippen molar-refractivity contribution < 1.29 is 14.7 Å². The molecule has 0 spiro atoms. The zero-order valence-corrected chi connectivity index (χ0v) is 19.6. The number of nitrogens with one attached hydrogen (secondary N) is 1. The van der Waals surface area contributed by atoms with Gasteiger partial charge in [-0.1, -0.05) is 66.7 Å². The van der Waals surface area contributed by atoms with Crippen molar-refractivity contribution in [2.24, 2.45) is 0 Å². The Labute approximate surface area is 204 Å². The van der Waals surface area contributed by atoms with Crippen LogP contribution >= 0.6 is 0 Å². The first kappa shape index (κ1) is 22.4. The van der Waals surface area contributed by atoms with Gasteiger partial charge in [0, 0.05) is 11.3 Å². The van der Waals surface area contributed by atoms with E-state index in [2.05, 4.69) is 85.9 Å². The summed E-state index contributed by atoms with van der Waals surface area (Å²) in [6.07, 6.45) is 4.39. The number of aryl methyl sites for hydroxylation is 2. The van der Waals surface area contributed by atoms with E-state index in [1.54, 1.807) is 0 Å². The Kier molecular flexibility index (Phi) is 5.58. The van der Waals surface area contributed by atoms with E-state index in [1.165, 1.54) is 52.1 Å². The number of anilines is 1. The molecule has 35 heavy (non-hydrogen) atoms. The van der Waals surface area contributed by atoms with Crippen LogP contribution in [0.15, 0.2) is 97.1 Å². The summed E-state index contributed by atoms with van der Waals surface area (Å²) in [7, 11) is 0. The molecule has 1 aliphatic carbocycles. The summed E-state index contributed by atoms with van der Waals surface area (Å²) in [5.41, 5.74) is 7.95. The lowest BCUT2D eigenvalue weighted by atomic mass is 9.68. The number of allylic oxidation sites excluding steroid dienone is 1. The number of carbonyl (C=O) groups is 2. The molecule has 0 saturated carbocycles. The number of fused-ring (bicyclic) bond motifs is 1. The van der Waals surface area contributed by atoms with Crippen LogP contribution in [-0.4, -0.2) is 17.0 Å². The zero-order chi connectivity index (χ0) is 24.6. The largest absolute Gasteiger partial charge is 0.478 e. The third-order valence-electron chi connectivity index (χ3n) is 6.78. The molecule has 0 aromatic heterocycles. The van der Waals surface area contributed by atoms with E-state index in [4.69, 9.17) is 5.11 Å². The topological polar surface area (TPSA) is 66.4 Å². The van der Waals surface area contributed by atoms with Gasteiger partial charge in [-0.3, -0.25) is 4.79 Å². The highest BCUT2D eigenvalue weighted by Gasteiger charge is 2.40. The number of hydrogen-bond acceptors (Lipinski definition) is 2. The standard InChI is InChI=1S/C31H25NO3/c1-20-7-3-5-9-26(20)31(27-10-6-4-8-21(27)2)18-17-24-19-25(15-16-28(24)31)32-29(33)22-11-13-23(14-12-22)30(34)35/h3-19H,1-2H3,(H,32,33)(H,34,35). The van der Waals surface area contributed by atoms with Crippen molar-refractivity contribution in [3.8, 4) is 0 Å². The summed E-state index contributed by atoms with van der Waals surface area (Å²) in [6.45, 7) is 4.29. The molecule has 0 radical (unpaired) electrons. The molecule has 1 aliphatic rings. The Bertz CT molecular complexity index is 1440. The highest BCUT2D eigenvalue weighted by molar-refractivity contribution is 6.05. The second-order valence-electron chi connectivity index (χ2n) is 8.91. The normalized spacial score (nSPS) is 13.3. The van der Waals surface area contributed by atoms with Crippen LogP contribution in [0.4, 0.5) is 5.69 Å². The summed E-state index contributed by atoms with van der Waals surface area (Å²) in [6, 6.07) is 28.9. The number of aromatic carboxylic acids is 1. The highest BCUT2D eigenvalue weighted by atomic mass is 16.4. The van der Waals surface area contributed by atoms with Crippen LogP contribution < -0.4 is 5.32 Å². The van der Waals surface area contributed by atoms with E-state index < -0.39 is 11.4 Å². The predicted octanol–water partition coefficient (Wildman–Crippen LogP) is 6.62. The first-order valence-corrected chi connectivity index (χ1v) is 11.5. The smallest absolute Gasteiger partial charge is 0.335 e. The van der Waals surface area contributed by atoms with Crippen molar-refractivity contribution in [3.63, 3.8) is 0 Å². The summed E-state index contributed by atoms with van der Waals surface area (Å²) in [5.74, 6) is -1.30. The lowest BCUT2D eigenvalue weighted by molar-refractivity contribution is 0.0696. The van der Waals surface area contributed by atoms with Crippen LogP contribution in [0.2, 0.25) is 0 Å². The number of carboxylic acids is 1. The second-order valence-corrected chi connectivity index (χ2v) is 8.91. The van der Waals surface area contributed by atoms with Crippen LogP contribution in [0.5, 0.6) is 0 Å². The van der Waals surface area contributed by atoms with Crippen LogP contribution in [0.3, 0.4) is 0 Å². The van der Waals surface area contributed by atoms with E-state index >= 15 is 0 Å². The van der Waals surface area contributed by atoms with Crippen molar-refractivity contribution >= 4 is 23.6 Å². The molecule has 0 heterocycles. The van der Waals surface area contributed by atoms with E-state index in [-0.39, 0.29) is 11.5 Å². The van der Waals surface area contributed by atoms with Crippen molar-refractivity contribution in [2.45, 2.75) is 19.3 Å². The van der Waals surface area contributed by atoms with Gasteiger partial charge in [0.2, 0.25) is 0 Å². The first-order valence-electron chi connectivity index (χ1n) is 11.5. The van der Waals surface area contributed by atoms with Crippen molar-refractivity contribution in [2.75, 3.05) is 5.32 Å². The molecule has 172 valence electrons. The fourth-order valence-corrected chi connectivity index (χ4v) is 5.06. The maximum atomic E-state index is 12.8. The zero-order valence-electron chi connectivity index (χ0n) is 19.6. The molecular formula is C31H25NO3. The molecule has 0 fully saturated rings. The number of carbonyl (C=O) groups excluding carboxylic acids is 1. The molecule has 4 aromatic carbocycles. The molecule has 4 nitrogen and oxygen atoms in total. The fourth-order valence-electron chi connectivity index (χ4n) is 5.06. The third-order valence-corrected chi connectivity index (χ3v) is 6.78. The van der Waals surface area contributed by atoms with Gasteiger partial charge < -0.3 is 10.4 Å². The minimum Gasteiger partial charge on any atom is -0.478 e. The number of rotatable bonds is 5. The van der Waals surface area contributed by atoms with Crippen LogP contribution in [-0.2, 0) is 5.41 Å². The first-order chi connectivity index (χ1) is 16.9. The maximum Gasteiger partial charge on any atom is 0.335 e. The Morgan fingerprint density at radius 3 is 1.86 bits per heavy atom. The van der Waals surface area contributed by atoms with Crippen LogP contribution in [0.25, 0.3) is 6.08 Å². The lowest BCUT2D eigenvalue weighted by Gasteiger charge is -2.33. The molecule has 4 heteroatoms. The van der Waals surface area contributed by atoms with Gasteiger partial charge in [0.05, 0.1) is 11.0 Å². The number of hydrogen-bond donors (Lipinski definition) is 2. The Morgan fingerprint density at radius 1 is 0.714 bits per heavy atom. The summed E-state index contributed by atoms with van der Waals surface area (Å²) in [4.78, 5) is 23.9. The molecule has 5 rings (SSSR count). The Balaban J connectivity index is 1.54. The van der Waals surface area contributed by atoms with Crippen molar-refractivity contribution in [1.29, 1.82) is 0 Å². The SMILES string of the molecule is Cc1ccccc1C1(c2ccccc2C)C=Cc2cc(NC(=O)c3ccc(C(=O)O)cc3)ccc21. The molecular weight excluding hydrogens is 434 g/mol. The Morgan fingerprint density at radius 2 is 1.29 bits per heavy atom. The summed E-state index contributed by atoms with van der Waals surface area (Å²) in [5, 5.41) is 12.0. The molecule has 0 unspecified atom stereocenters. The summed E-state index contributed by atoms with van der Waals surface area (Å²) >= 11 is 0. The van der Waals surface area contributed by atoms with E-state index in [0.29, 0.717) is 11.3 Å². The van der Waals surface area contributed by atoms with Gasteiger partial charge in [-0.2, -0.15) is 0 Å². The number of carboxylic acid groups (broad SMARTS) is 1. The fraction of sp³-hybridized carbons (Fsp3) is 0.0968. The van der Waals surface area contributed by atoms with Gasteiger partial charge in [-0.15, -0.1) is 0 Å². The number of benzene rings is 4.